The molecular formula is C24H24N2O2. The van der Waals surface area contributed by atoms with Gasteiger partial charge in [-0.05, 0) is 67.4 Å². The van der Waals surface area contributed by atoms with Crippen molar-refractivity contribution in [3.63, 3.8) is 0 Å². The van der Waals surface area contributed by atoms with Gasteiger partial charge in [0.1, 0.15) is 0 Å². The standard InChI is InChI=1S/C24H24N2O2/c1-3-8-19-15-18(16-23(24(19)27)28-4-2)17-25-20-11-13-22(14-12-20)26-21-9-6-5-7-10-21/h3,5-7,9-17,26-27H,1,4,8H2,2H3. The number of aliphatic imine (C=N–C) groups is 1. The van der Waals surface area contributed by atoms with Gasteiger partial charge in [0.05, 0.1) is 12.3 Å². The van der Waals surface area contributed by atoms with Crippen LogP contribution in [0.2, 0.25) is 0 Å². The highest BCUT2D eigenvalue weighted by atomic mass is 16.5. The lowest BCUT2D eigenvalue weighted by Crippen LogP contribution is -1.96. The third kappa shape index (κ3) is 5.01. The fourth-order valence-electron chi connectivity index (χ4n) is 2.81. The molecule has 0 saturated carbocycles. The number of phenols is 1. The van der Waals surface area contributed by atoms with Gasteiger partial charge in [-0.15, -0.1) is 6.58 Å². The topological polar surface area (TPSA) is 53.9 Å². The number of nitrogens with zero attached hydrogens (tertiary/aromatic N) is 1. The third-order valence-electron chi connectivity index (χ3n) is 4.13. The molecule has 0 radical (unpaired) electrons. The second-order valence-electron chi connectivity index (χ2n) is 6.25. The Kier molecular flexibility index (Phi) is 6.47. The number of nitrogens with one attached hydrogen (secondary N) is 1. The summed E-state index contributed by atoms with van der Waals surface area (Å²) >= 11 is 0. The molecule has 3 aromatic carbocycles. The predicted octanol–water partition coefficient (Wildman–Crippen LogP) is 6.01. The Morgan fingerprint density at radius 3 is 2.43 bits per heavy atom. The maximum Gasteiger partial charge on any atom is 0.161 e. The number of allylic oxidation sites excluding steroid dienone is 1. The minimum Gasteiger partial charge on any atom is -0.504 e. The number of phenolic OH excluding ortho intramolecular Hbond substituents is 1. The number of hydrogen-bond donors (Lipinski definition) is 2. The molecule has 3 aromatic rings. The minimum atomic E-state index is 0.162. The molecule has 0 aliphatic rings. The SMILES string of the molecule is C=CCc1cc(C=Nc2ccc(Nc3ccccc3)cc2)cc(OCC)c1O. The molecule has 0 spiro atoms. The lowest BCUT2D eigenvalue weighted by atomic mass is 10.1. The number of ether oxygens (including phenoxy) is 1. The van der Waals surface area contributed by atoms with Crippen molar-refractivity contribution in [1.82, 2.24) is 0 Å². The second kappa shape index (κ2) is 9.42. The van der Waals surface area contributed by atoms with E-state index in [0.717, 1.165) is 28.2 Å². The monoisotopic (exact) mass is 372 g/mol. The Bertz CT molecular complexity index is 948. The number of hydrogen-bond acceptors (Lipinski definition) is 4. The van der Waals surface area contributed by atoms with Crippen LogP contribution in [0.25, 0.3) is 0 Å². The highest BCUT2D eigenvalue weighted by molar-refractivity contribution is 5.84. The van der Waals surface area contributed by atoms with E-state index in [2.05, 4.69) is 16.9 Å². The molecule has 0 aromatic heterocycles. The van der Waals surface area contributed by atoms with Crippen LogP contribution in [-0.4, -0.2) is 17.9 Å². The van der Waals surface area contributed by atoms with Gasteiger partial charge in [0.25, 0.3) is 0 Å². The smallest absolute Gasteiger partial charge is 0.161 e. The average molecular weight is 372 g/mol. The Balaban J connectivity index is 1.76. The highest BCUT2D eigenvalue weighted by Crippen LogP contribution is 2.32. The average Bonchev–Trinajstić information content (AvgIpc) is 2.72. The number of aromatic hydroxyl groups is 1. The lowest BCUT2D eigenvalue weighted by Gasteiger charge is -2.11. The largest absolute Gasteiger partial charge is 0.504 e. The van der Waals surface area contributed by atoms with Crippen molar-refractivity contribution in [2.24, 2.45) is 4.99 Å². The molecule has 0 atom stereocenters. The quantitative estimate of drug-likeness (QED) is 0.376. The Labute approximate surface area is 165 Å². The Morgan fingerprint density at radius 2 is 1.75 bits per heavy atom. The number of benzene rings is 3. The molecular weight excluding hydrogens is 348 g/mol. The molecule has 0 amide bonds. The number of para-hydroxylation sites is 1. The fourth-order valence-corrected chi connectivity index (χ4v) is 2.81. The molecule has 4 nitrogen and oxygen atoms in total. The summed E-state index contributed by atoms with van der Waals surface area (Å²) in [6.45, 7) is 6.11. The van der Waals surface area contributed by atoms with E-state index in [1.807, 2.05) is 67.6 Å². The van der Waals surface area contributed by atoms with Crippen molar-refractivity contribution < 1.29 is 9.84 Å². The fraction of sp³-hybridized carbons (Fsp3) is 0.125. The van der Waals surface area contributed by atoms with E-state index in [9.17, 15) is 5.11 Å². The zero-order valence-corrected chi connectivity index (χ0v) is 15.9. The molecule has 0 fully saturated rings. The van der Waals surface area contributed by atoms with E-state index in [1.165, 1.54) is 0 Å². The van der Waals surface area contributed by atoms with Crippen molar-refractivity contribution in [1.29, 1.82) is 0 Å². The van der Waals surface area contributed by atoms with Crippen LogP contribution < -0.4 is 10.1 Å². The lowest BCUT2D eigenvalue weighted by molar-refractivity contribution is 0.317. The predicted molar refractivity (Wildman–Crippen MR) is 117 cm³/mol. The van der Waals surface area contributed by atoms with E-state index in [-0.39, 0.29) is 5.75 Å². The van der Waals surface area contributed by atoms with Gasteiger partial charge in [0.2, 0.25) is 0 Å². The number of rotatable bonds is 8. The zero-order chi connectivity index (χ0) is 19.8. The summed E-state index contributed by atoms with van der Waals surface area (Å²) in [7, 11) is 0. The highest BCUT2D eigenvalue weighted by Gasteiger charge is 2.09. The second-order valence-corrected chi connectivity index (χ2v) is 6.25. The molecule has 0 heterocycles. The van der Waals surface area contributed by atoms with E-state index >= 15 is 0 Å². The van der Waals surface area contributed by atoms with Crippen LogP contribution in [0.1, 0.15) is 18.1 Å². The van der Waals surface area contributed by atoms with Crippen molar-refractivity contribution in [2.45, 2.75) is 13.3 Å². The molecule has 28 heavy (non-hydrogen) atoms. The third-order valence-corrected chi connectivity index (χ3v) is 4.13. The van der Waals surface area contributed by atoms with E-state index < -0.39 is 0 Å². The van der Waals surface area contributed by atoms with E-state index in [0.29, 0.717) is 18.8 Å². The Morgan fingerprint density at radius 1 is 1.04 bits per heavy atom. The minimum absolute atomic E-state index is 0.162. The van der Waals surface area contributed by atoms with Crippen molar-refractivity contribution >= 4 is 23.3 Å². The molecule has 0 aliphatic carbocycles. The van der Waals surface area contributed by atoms with Gasteiger partial charge >= 0.3 is 0 Å². The van der Waals surface area contributed by atoms with Gasteiger partial charge in [-0.2, -0.15) is 0 Å². The molecule has 0 aliphatic heterocycles. The van der Waals surface area contributed by atoms with Crippen LogP contribution in [0, 0.1) is 0 Å². The molecule has 0 unspecified atom stereocenters. The van der Waals surface area contributed by atoms with Gasteiger partial charge in [-0.3, -0.25) is 4.99 Å². The Hall–Kier alpha value is -3.53. The number of anilines is 2. The first-order valence-corrected chi connectivity index (χ1v) is 9.25. The van der Waals surface area contributed by atoms with E-state index in [4.69, 9.17) is 4.74 Å². The normalized spacial score (nSPS) is 10.8. The molecule has 2 N–H and O–H groups in total. The maximum atomic E-state index is 10.3. The summed E-state index contributed by atoms with van der Waals surface area (Å²) < 4.78 is 5.53. The zero-order valence-electron chi connectivity index (χ0n) is 15.9. The van der Waals surface area contributed by atoms with Crippen LogP contribution in [0.3, 0.4) is 0 Å². The summed E-state index contributed by atoms with van der Waals surface area (Å²) in [5, 5.41) is 13.6. The van der Waals surface area contributed by atoms with Gasteiger partial charge in [0, 0.05) is 23.2 Å². The maximum absolute atomic E-state index is 10.3. The van der Waals surface area contributed by atoms with Crippen LogP contribution >= 0.6 is 0 Å². The molecule has 3 rings (SSSR count). The van der Waals surface area contributed by atoms with Gasteiger partial charge in [0.15, 0.2) is 11.5 Å². The summed E-state index contributed by atoms with van der Waals surface area (Å²) in [4.78, 5) is 4.54. The van der Waals surface area contributed by atoms with Crippen molar-refractivity contribution in [3.05, 3.63) is 90.5 Å². The summed E-state index contributed by atoms with van der Waals surface area (Å²) in [6.07, 6.45) is 4.09. The first-order valence-electron chi connectivity index (χ1n) is 9.25. The first-order chi connectivity index (χ1) is 13.7. The van der Waals surface area contributed by atoms with Crippen LogP contribution in [0.4, 0.5) is 17.1 Å². The first kappa shape index (κ1) is 19.2. The van der Waals surface area contributed by atoms with Crippen LogP contribution in [0.5, 0.6) is 11.5 Å². The molecule has 0 saturated heterocycles. The van der Waals surface area contributed by atoms with Gasteiger partial charge in [-0.1, -0.05) is 24.3 Å². The van der Waals surface area contributed by atoms with Crippen molar-refractivity contribution in [2.75, 3.05) is 11.9 Å². The van der Waals surface area contributed by atoms with Crippen LogP contribution in [0.15, 0.2) is 84.4 Å². The van der Waals surface area contributed by atoms with Crippen LogP contribution in [-0.2, 0) is 6.42 Å². The van der Waals surface area contributed by atoms with Gasteiger partial charge < -0.3 is 15.2 Å². The summed E-state index contributed by atoms with van der Waals surface area (Å²) in [5.74, 6) is 0.626. The molecule has 142 valence electrons. The molecule has 0 bridgehead atoms. The van der Waals surface area contributed by atoms with Gasteiger partial charge in [-0.25, -0.2) is 0 Å². The summed E-state index contributed by atoms with van der Waals surface area (Å²) in [5.41, 5.74) is 4.52. The van der Waals surface area contributed by atoms with Crippen molar-refractivity contribution in [3.8, 4) is 11.5 Å². The van der Waals surface area contributed by atoms with E-state index in [1.54, 1.807) is 18.4 Å². The summed E-state index contributed by atoms with van der Waals surface area (Å²) in [6, 6.07) is 21.6. The molecule has 4 heteroatoms.